The molecule has 0 saturated heterocycles. The Morgan fingerprint density at radius 2 is 2.03 bits per heavy atom. The topological polar surface area (TPSA) is 79.1 Å². The predicted molar refractivity (Wildman–Crippen MR) is 96.7 cm³/mol. The van der Waals surface area contributed by atoms with Crippen molar-refractivity contribution in [2.75, 3.05) is 13.7 Å². The van der Waals surface area contributed by atoms with Crippen LogP contribution < -0.4 is 4.74 Å². The van der Waals surface area contributed by atoms with Crippen LogP contribution in [-0.2, 0) is 11.3 Å². The molecule has 0 saturated carbocycles. The van der Waals surface area contributed by atoms with Gasteiger partial charge < -0.3 is 9.47 Å². The monoisotopic (exact) mass is 426 g/mol. The summed E-state index contributed by atoms with van der Waals surface area (Å²) < 4.78 is 48.5. The largest absolute Gasteiger partial charge is 0.468 e. The number of hydrogen-bond donors (Lipinski definition) is 0. The summed E-state index contributed by atoms with van der Waals surface area (Å²) in [5.41, 5.74) is 1.47. The fourth-order valence-corrected chi connectivity index (χ4v) is 2.64. The maximum absolute atomic E-state index is 12.6. The summed E-state index contributed by atoms with van der Waals surface area (Å²) in [6, 6.07) is 8.19. The van der Waals surface area contributed by atoms with E-state index < -0.39 is 18.8 Å². The molecule has 2 aromatic heterocycles. The van der Waals surface area contributed by atoms with E-state index in [-0.39, 0.29) is 18.2 Å². The fourth-order valence-electron chi connectivity index (χ4n) is 2.45. The van der Waals surface area contributed by atoms with E-state index in [2.05, 4.69) is 19.8 Å². The molecule has 152 valence electrons. The Labute approximate surface area is 168 Å². The molecule has 0 bridgehead atoms. The first-order valence-electron chi connectivity index (χ1n) is 8.17. The Kier molecular flexibility index (Phi) is 6.02. The molecule has 7 nitrogen and oxygen atoms in total. The summed E-state index contributed by atoms with van der Waals surface area (Å²) in [4.78, 5) is 19.3. The minimum absolute atomic E-state index is 0.111. The molecule has 0 aliphatic heterocycles. The lowest BCUT2D eigenvalue weighted by Crippen LogP contribution is -2.20. The number of pyridine rings is 1. The number of carbonyl (C=O) groups excluding carboxylic acids is 1. The van der Waals surface area contributed by atoms with Crippen molar-refractivity contribution in [1.82, 2.24) is 19.7 Å². The number of benzene rings is 1. The molecule has 0 spiro atoms. The maximum atomic E-state index is 12.6. The van der Waals surface area contributed by atoms with Crippen LogP contribution in [0.5, 0.6) is 5.88 Å². The minimum atomic E-state index is -4.50. The third-order valence-electron chi connectivity index (χ3n) is 3.66. The van der Waals surface area contributed by atoms with Crippen LogP contribution in [0.25, 0.3) is 11.1 Å². The lowest BCUT2D eigenvalue weighted by molar-refractivity contribution is -0.154. The van der Waals surface area contributed by atoms with Gasteiger partial charge >= 0.3 is 12.1 Å². The second kappa shape index (κ2) is 8.48. The lowest BCUT2D eigenvalue weighted by Gasteiger charge is -2.14. The van der Waals surface area contributed by atoms with Gasteiger partial charge in [-0.05, 0) is 29.3 Å². The first-order chi connectivity index (χ1) is 13.7. The normalized spacial score (nSPS) is 11.3. The van der Waals surface area contributed by atoms with Gasteiger partial charge in [0, 0.05) is 16.8 Å². The summed E-state index contributed by atoms with van der Waals surface area (Å²) in [5, 5.41) is 4.40. The lowest BCUT2D eigenvalue weighted by atomic mass is 10.1. The Morgan fingerprint density at radius 1 is 1.24 bits per heavy atom. The molecule has 0 aliphatic rings. The van der Waals surface area contributed by atoms with Crippen molar-refractivity contribution in [3.05, 3.63) is 59.3 Å². The molecular weight excluding hydrogens is 413 g/mol. The molecule has 3 rings (SSSR count). The highest BCUT2D eigenvalue weighted by Crippen LogP contribution is 2.32. The Morgan fingerprint density at radius 3 is 2.72 bits per heavy atom. The van der Waals surface area contributed by atoms with Gasteiger partial charge in [-0.25, -0.2) is 19.4 Å². The van der Waals surface area contributed by atoms with E-state index in [1.54, 1.807) is 30.3 Å². The molecule has 11 heteroatoms. The summed E-state index contributed by atoms with van der Waals surface area (Å²) >= 11 is 6.01. The molecule has 0 unspecified atom stereocenters. The average Bonchev–Trinajstić information content (AvgIpc) is 3.14. The second-order valence-electron chi connectivity index (χ2n) is 5.87. The highest BCUT2D eigenvalue weighted by molar-refractivity contribution is 6.30. The van der Waals surface area contributed by atoms with Crippen LogP contribution in [-0.4, -0.2) is 45.6 Å². The van der Waals surface area contributed by atoms with E-state index in [1.165, 1.54) is 24.3 Å². The van der Waals surface area contributed by atoms with Crippen LogP contribution in [0.4, 0.5) is 13.2 Å². The van der Waals surface area contributed by atoms with Gasteiger partial charge in [-0.1, -0.05) is 23.7 Å². The van der Waals surface area contributed by atoms with Crippen LogP contribution in [0, 0.1) is 0 Å². The maximum Gasteiger partial charge on any atom is 0.422 e. The average molecular weight is 427 g/mol. The fraction of sp³-hybridized carbons (Fsp3) is 0.222. The zero-order valence-electron chi connectivity index (χ0n) is 15.0. The van der Waals surface area contributed by atoms with E-state index in [0.29, 0.717) is 21.7 Å². The zero-order chi connectivity index (χ0) is 21.0. The molecule has 0 aliphatic carbocycles. The van der Waals surface area contributed by atoms with E-state index in [1.807, 2.05) is 0 Å². The first-order valence-corrected chi connectivity index (χ1v) is 8.55. The van der Waals surface area contributed by atoms with Crippen molar-refractivity contribution < 1.29 is 27.4 Å². The molecule has 2 heterocycles. The third-order valence-corrected chi connectivity index (χ3v) is 3.90. The number of carbonyl (C=O) groups is 1. The van der Waals surface area contributed by atoms with Crippen molar-refractivity contribution in [2.45, 2.75) is 12.7 Å². The third kappa shape index (κ3) is 5.44. The predicted octanol–water partition coefficient (Wildman–Crippen LogP) is 3.77. The number of hydrogen-bond acceptors (Lipinski definition) is 6. The number of rotatable bonds is 6. The van der Waals surface area contributed by atoms with Gasteiger partial charge in [-0.3, -0.25) is 0 Å². The molecule has 0 amide bonds. The molecule has 1 aromatic carbocycles. The summed E-state index contributed by atoms with van der Waals surface area (Å²) in [7, 11) is 1.21. The van der Waals surface area contributed by atoms with E-state index >= 15 is 0 Å². The van der Waals surface area contributed by atoms with Gasteiger partial charge in [0.15, 0.2) is 6.61 Å². The Balaban J connectivity index is 1.92. The van der Waals surface area contributed by atoms with Crippen molar-refractivity contribution in [3.8, 4) is 17.0 Å². The highest BCUT2D eigenvalue weighted by Gasteiger charge is 2.29. The molecule has 0 fully saturated rings. The first kappa shape index (κ1) is 20.6. The van der Waals surface area contributed by atoms with Gasteiger partial charge in [-0.15, -0.1) is 5.10 Å². The minimum Gasteiger partial charge on any atom is -0.468 e. The standard InChI is InChI=1S/C18H14ClF3N4O3/c1-28-17(27)15-24-10-26(25-15)8-11-5-14(12-3-2-4-13(19)6-12)16(23-7-11)29-9-18(20,21)22/h2-7,10H,8-9H2,1H3. The van der Waals surface area contributed by atoms with E-state index in [0.717, 1.165) is 0 Å². The van der Waals surface area contributed by atoms with Crippen molar-refractivity contribution in [2.24, 2.45) is 0 Å². The molecule has 0 radical (unpaired) electrons. The molecule has 0 N–H and O–H groups in total. The summed E-state index contributed by atoms with van der Waals surface area (Å²) in [6.45, 7) is -1.30. The van der Waals surface area contributed by atoms with Gasteiger partial charge in [0.25, 0.3) is 5.82 Å². The Bertz CT molecular complexity index is 1020. The summed E-state index contributed by atoms with van der Waals surface area (Å²) in [6.07, 6.45) is -1.81. The van der Waals surface area contributed by atoms with Gasteiger partial charge in [0.1, 0.15) is 6.33 Å². The summed E-state index contributed by atoms with van der Waals surface area (Å²) in [5.74, 6) is -0.972. The van der Waals surface area contributed by atoms with Crippen LogP contribution in [0.15, 0.2) is 42.9 Å². The van der Waals surface area contributed by atoms with Crippen LogP contribution >= 0.6 is 11.6 Å². The number of methoxy groups -OCH3 is 1. The van der Waals surface area contributed by atoms with Gasteiger partial charge in [0.2, 0.25) is 5.88 Å². The van der Waals surface area contributed by atoms with Crippen LogP contribution in [0.1, 0.15) is 16.2 Å². The van der Waals surface area contributed by atoms with Crippen LogP contribution in [0.3, 0.4) is 0 Å². The Hall–Kier alpha value is -3.14. The second-order valence-corrected chi connectivity index (χ2v) is 6.30. The molecule has 0 atom stereocenters. The highest BCUT2D eigenvalue weighted by atomic mass is 35.5. The number of nitrogens with zero attached hydrogens (tertiary/aromatic N) is 4. The van der Waals surface area contributed by atoms with Crippen molar-refractivity contribution in [1.29, 1.82) is 0 Å². The van der Waals surface area contributed by atoms with Gasteiger partial charge in [0.05, 0.1) is 13.7 Å². The van der Waals surface area contributed by atoms with Crippen molar-refractivity contribution >= 4 is 17.6 Å². The smallest absolute Gasteiger partial charge is 0.422 e. The molecule has 29 heavy (non-hydrogen) atoms. The quantitative estimate of drug-likeness (QED) is 0.558. The number of esters is 1. The number of aromatic nitrogens is 4. The SMILES string of the molecule is COC(=O)c1ncn(Cc2cnc(OCC(F)(F)F)c(-c3cccc(Cl)c3)c2)n1. The number of alkyl halides is 3. The molecule has 3 aromatic rings. The van der Waals surface area contributed by atoms with E-state index in [9.17, 15) is 18.0 Å². The van der Waals surface area contributed by atoms with Gasteiger partial charge in [-0.2, -0.15) is 13.2 Å². The molecular formula is C18H14ClF3N4O3. The van der Waals surface area contributed by atoms with E-state index in [4.69, 9.17) is 16.3 Å². The number of ether oxygens (including phenoxy) is 2. The van der Waals surface area contributed by atoms with Crippen LogP contribution in [0.2, 0.25) is 5.02 Å². The van der Waals surface area contributed by atoms with Crippen molar-refractivity contribution in [3.63, 3.8) is 0 Å². The zero-order valence-corrected chi connectivity index (χ0v) is 15.7. The number of halogens is 4.